The summed E-state index contributed by atoms with van der Waals surface area (Å²) in [6, 6.07) is 0.395. The Bertz CT molecular complexity index is 187. The summed E-state index contributed by atoms with van der Waals surface area (Å²) < 4.78 is 5.84. The van der Waals surface area contributed by atoms with E-state index in [0.29, 0.717) is 12.1 Å². The Morgan fingerprint density at radius 1 is 1.41 bits per heavy atom. The zero-order chi connectivity index (χ0) is 12.5. The van der Waals surface area contributed by atoms with Gasteiger partial charge >= 0.3 is 0 Å². The number of hydrogen-bond acceptors (Lipinski definition) is 3. The molecule has 1 saturated heterocycles. The number of nitrogens with two attached hydrogens (primary N) is 1. The van der Waals surface area contributed by atoms with Crippen LogP contribution in [0.1, 0.15) is 52.4 Å². The fraction of sp³-hybridized carbons (Fsp3) is 1.00. The van der Waals surface area contributed by atoms with Crippen molar-refractivity contribution in [2.45, 2.75) is 64.5 Å². The van der Waals surface area contributed by atoms with Crippen molar-refractivity contribution >= 4 is 0 Å². The predicted octanol–water partition coefficient (Wildman–Crippen LogP) is 2.39. The third kappa shape index (κ3) is 6.39. The molecular formula is C14H30N2O. The highest BCUT2D eigenvalue weighted by molar-refractivity contribution is 4.73. The molecule has 17 heavy (non-hydrogen) atoms. The second kappa shape index (κ2) is 8.90. The van der Waals surface area contributed by atoms with Crippen molar-refractivity contribution in [3.8, 4) is 0 Å². The molecule has 0 aromatic heterocycles. The number of ether oxygens (including phenoxy) is 1. The molecule has 1 rings (SSSR count). The summed E-state index contributed by atoms with van der Waals surface area (Å²) in [5, 5.41) is 0. The van der Waals surface area contributed by atoms with Gasteiger partial charge in [0.15, 0.2) is 0 Å². The number of rotatable bonds is 8. The fourth-order valence-electron chi connectivity index (χ4n) is 2.42. The number of piperidine rings is 1. The number of likely N-dealkylation sites (tertiary alicyclic amines) is 1. The molecular weight excluding hydrogens is 212 g/mol. The first-order valence-electron chi connectivity index (χ1n) is 7.35. The quantitative estimate of drug-likeness (QED) is 0.710. The fourth-order valence-corrected chi connectivity index (χ4v) is 2.42. The van der Waals surface area contributed by atoms with Crippen molar-refractivity contribution in [3.63, 3.8) is 0 Å². The molecule has 0 amide bonds. The van der Waals surface area contributed by atoms with Crippen LogP contribution in [0.2, 0.25) is 0 Å². The van der Waals surface area contributed by atoms with Crippen molar-refractivity contribution in [2.24, 2.45) is 5.73 Å². The summed E-state index contributed by atoms with van der Waals surface area (Å²) in [7, 11) is 0. The van der Waals surface area contributed by atoms with Gasteiger partial charge in [0.05, 0.1) is 6.10 Å². The molecule has 2 N–H and O–H groups in total. The molecule has 1 fully saturated rings. The number of nitrogens with zero attached hydrogens (tertiary/aromatic N) is 1. The van der Waals surface area contributed by atoms with E-state index in [1.54, 1.807) is 0 Å². The van der Waals surface area contributed by atoms with E-state index < -0.39 is 0 Å². The van der Waals surface area contributed by atoms with Crippen molar-refractivity contribution < 1.29 is 4.74 Å². The predicted molar refractivity (Wildman–Crippen MR) is 73.2 cm³/mol. The van der Waals surface area contributed by atoms with Gasteiger partial charge in [-0.2, -0.15) is 0 Å². The van der Waals surface area contributed by atoms with Crippen LogP contribution in [-0.4, -0.2) is 43.3 Å². The Morgan fingerprint density at radius 2 is 2.24 bits per heavy atom. The van der Waals surface area contributed by atoms with Crippen LogP contribution in [0.3, 0.4) is 0 Å². The summed E-state index contributed by atoms with van der Waals surface area (Å²) in [6.45, 7) is 8.82. The molecule has 1 aliphatic heterocycles. The van der Waals surface area contributed by atoms with Gasteiger partial charge in [-0.15, -0.1) is 0 Å². The van der Waals surface area contributed by atoms with E-state index in [1.807, 2.05) is 0 Å². The maximum Gasteiger partial charge on any atom is 0.0702 e. The molecule has 0 radical (unpaired) electrons. The van der Waals surface area contributed by atoms with Gasteiger partial charge in [0, 0.05) is 19.2 Å². The highest BCUT2D eigenvalue weighted by atomic mass is 16.5. The number of hydrogen-bond donors (Lipinski definition) is 1. The van der Waals surface area contributed by atoms with Crippen LogP contribution in [0.5, 0.6) is 0 Å². The lowest BCUT2D eigenvalue weighted by Gasteiger charge is -2.32. The van der Waals surface area contributed by atoms with E-state index in [1.165, 1.54) is 32.4 Å². The maximum absolute atomic E-state index is 5.94. The summed E-state index contributed by atoms with van der Waals surface area (Å²) in [5.74, 6) is 0. The van der Waals surface area contributed by atoms with E-state index in [-0.39, 0.29) is 0 Å². The molecule has 3 heteroatoms. The summed E-state index contributed by atoms with van der Waals surface area (Å²) in [5.41, 5.74) is 5.94. The zero-order valence-corrected chi connectivity index (χ0v) is 11.7. The summed E-state index contributed by atoms with van der Waals surface area (Å²) >= 11 is 0. The normalized spacial score (nSPS) is 23.8. The minimum Gasteiger partial charge on any atom is -0.377 e. The van der Waals surface area contributed by atoms with Gasteiger partial charge in [-0.1, -0.05) is 13.8 Å². The molecule has 0 aliphatic carbocycles. The Hall–Kier alpha value is -0.120. The molecule has 0 aromatic rings. The molecule has 0 spiro atoms. The molecule has 0 aromatic carbocycles. The van der Waals surface area contributed by atoms with Crippen LogP contribution in [0, 0.1) is 0 Å². The largest absolute Gasteiger partial charge is 0.377 e. The lowest BCUT2D eigenvalue weighted by Crippen LogP contribution is -2.40. The van der Waals surface area contributed by atoms with Crippen LogP contribution in [-0.2, 0) is 4.74 Å². The minimum atomic E-state index is 0.395. The van der Waals surface area contributed by atoms with Crippen molar-refractivity contribution in [1.82, 2.24) is 4.90 Å². The molecule has 1 heterocycles. The lowest BCUT2D eigenvalue weighted by atomic mass is 10.1. The van der Waals surface area contributed by atoms with E-state index >= 15 is 0 Å². The average Bonchev–Trinajstić information content (AvgIpc) is 2.36. The average molecular weight is 242 g/mol. The first kappa shape index (κ1) is 14.9. The first-order valence-corrected chi connectivity index (χ1v) is 7.35. The Labute approximate surface area is 107 Å². The van der Waals surface area contributed by atoms with Crippen molar-refractivity contribution in [2.75, 3.05) is 26.2 Å². The van der Waals surface area contributed by atoms with Gasteiger partial charge in [-0.3, -0.25) is 0 Å². The Kier molecular flexibility index (Phi) is 7.82. The van der Waals surface area contributed by atoms with E-state index in [2.05, 4.69) is 18.7 Å². The SMILES string of the molecule is CCCOC1CCCN(CCCC(N)CC)C1. The van der Waals surface area contributed by atoms with E-state index in [9.17, 15) is 0 Å². The van der Waals surface area contributed by atoms with Crippen molar-refractivity contribution in [3.05, 3.63) is 0 Å². The Morgan fingerprint density at radius 3 is 2.94 bits per heavy atom. The summed E-state index contributed by atoms with van der Waals surface area (Å²) in [4.78, 5) is 2.55. The first-order chi connectivity index (χ1) is 8.26. The van der Waals surface area contributed by atoms with Gasteiger partial charge < -0.3 is 15.4 Å². The van der Waals surface area contributed by atoms with Gasteiger partial charge in [-0.25, -0.2) is 0 Å². The molecule has 0 saturated carbocycles. The highest BCUT2D eigenvalue weighted by Gasteiger charge is 2.19. The van der Waals surface area contributed by atoms with E-state index in [0.717, 1.165) is 32.4 Å². The monoisotopic (exact) mass is 242 g/mol. The van der Waals surface area contributed by atoms with E-state index in [4.69, 9.17) is 10.5 Å². The Balaban J connectivity index is 2.11. The van der Waals surface area contributed by atoms with Crippen LogP contribution in [0.4, 0.5) is 0 Å². The van der Waals surface area contributed by atoms with Gasteiger partial charge in [0.1, 0.15) is 0 Å². The van der Waals surface area contributed by atoms with Crippen LogP contribution >= 0.6 is 0 Å². The van der Waals surface area contributed by atoms with Crippen molar-refractivity contribution in [1.29, 1.82) is 0 Å². The van der Waals surface area contributed by atoms with Crippen LogP contribution < -0.4 is 5.73 Å². The second-order valence-electron chi connectivity index (χ2n) is 5.25. The maximum atomic E-state index is 5.94. The smallest absolute Gasteiger partial charge is 0.0702 e. The summed E-state index contributed by atoms with van der Waals surface area (Å²) in [6.07, 6.45) is 7.62. The van der Waals surface area contributed by atoms with Gasteiger partial charge in [-0.05, 0) is 51.6 Å². The molecule has 1 aliphatic rings. The third-order valence-electron chi connectivity index (χ3n) is 3.59. The van der Waals surface area contributed by atoms with Crippen LogP contribution in [0.25, 0.3) is 0 Å². The van der Waals surface area contributed by atoms with Gasteiger partial charge in [0.2, 0.25) is 0 Å². The zero-order valence-electron chi connectivity index (χ0n) is 11.7. The molecule has 0 bridgehead atoms. The molecule has 2 atom stereocenters. The molecule has 2 unspecified atom stereocenters. The third-order valence-corrected chi connectivity index (χ3v) is 3.59. The molecule has 102 valence electrons. The van der Waals surface area contributed by atoms with Crippen LogP contribution in [0.15, 0.2) is 0 Å². The topological polar surface area (TPSA) is 38.5 Å². The lowest BCUT2D eigenvalue weighted by molar-refractivity contribution is -0.000423. The van der Waals surface area contributed by atoms with Gasteiger partial charge in [0.25, 0.3) is 0 Å². The molecule has 3 nitrogen and oxygen atoms in total. The highest BCUT2D eigenvalue weighted by Crippen LogP contribution is 2.14. The minimum absolute atomic E-state index is 0.395. The second-order valence-corrected chi connectivity index (χ2v) is 5.25. The standard InChI is InChI=1S/C14H30N2O/c1-3-11-17-14-8-6-10-16(12-14)9-5-7-13(15)4-2/h13-14H,3-12,15H2,1-2H3.